The van der Waals surface area contributed by atoms with Gasteiger partial charge in [0, 0.05) is 12.2 Å². The van der Waals surface area contributed by atoms with Gasteiger partial charge in [-0.15, -0.1) is 0 Å². The van der Waals surface area contributed by atoms with Crippen LogP contribution >= 0.6 is 0 Å². The third-order valence-electron chi connectivity index (χ3n) is 3.54. The van der Waals surface area contributed by atoms with Crippen molar-refractivity contribution >= 4 is 27.3 Å². The molecular weight excluding hydrogens is 290 g/mol. The number of carbonyl (C=O) groups excluding carboxylic acids is 1. The Kier molecular flexibility index (Phi) is 4.53. The van der Waals surface area contributed by atoms with Gasteiger partial charge in [-0.05, 0) is 36.6 Å². The summed E-state index contributed by atoms with van der Waals surface area (Å²) in [5.74, 6) is -0.0000805. The minimum absolute atomic E-state index is 0.0546. The third-order valence-corrected chi connectivity index (χ3v) is 5.41. The number of benzene rings is 1. The Labute approximate surface area is 125 Å². The number of carbonyl (C=O) groups is 1. The molecule has 6 nitrogen and oxygen atoms in total. The number of nitrogens with one attached hydrogen (secondary N) is 1. The maximum Gasteiger partial charge on any atom is 0.241 e. The molecule has 1 heterocycles. The first kappa shape index (κ1) is 15.8. The first-order chi connectivity index (χ1) is 9.81. The number of nitrogens with two attached hydrogens (primary N) is 1. The van der Waals surface area contributed by atoms with Gasteiger partial charge in [-0.25, -0.2) is 8.42 Å². The lowest BCUT2D eigenvalue weighted by Crippen LogP contribution is -2.39. The highest BCUT2D eigenvalue weighted by molar-refractivity contribution is 7.93. The quantitative estimate of drug-likeness (QED) is 0.872. The van der Waals surface area contributed by atoms with Crippen molar-refractivity contribution in [2.45, 2.75) is 26.3 Å². The van der Waals surface area contributed by atoms with E-state index >= 15 is 0 Å². The van der Waals surface area contributed by atoms with E-state index in [9.17, 15) is 13.2 Å². The zero-order chi connectivity index (χ0) is 15.6. The summed E-state index contributed by atoms with van der Waals surface area (Å²) in [5.41, 5.74) is 7.00. The average molecular weight is 311 g/mol. The number of hydrogen-bond donors (Lipinski definition) is 2. The second-order valence-corrected chi connectivity index (χ2v) is 7.56. The number of rotatable bonds is 4. The lowest BCUT2D eigenvalue weighted by molar-refractivity contribution is -0.118. The number of hydrogen-bond acceptors (Lipinski definition) is 4. The molecule has 0 radical (unpaired) electrons. The van der Waals surface area contributed by atoms with Gasteiger partial charge in [0.2, 0.25) is 15.9 Å². The van der Waals surface area contributed by atoms with Crippen LogP contribution in [0.15, 0.2) is 24.3 Å². The Morgan fingerprint density at radius 1 is 1.29 bits per heavy atom. The molecule has 1 fully saturated rings. The Morgan fingerprint density at radius 3 is 2.38 bits per heavy atom. The van der Waals surface area contributed by atoms with Crippen LogP contribution in [-0.4, -0.2) is 32.7 Å². The predicted octanol–water partition coefficient (Wildman–Crippen LogP) is 1.15. The van der Waals surface area contributed by atoms with Gasteiger partial charge in [0.05, 0.1) is 17.5 Å². The second kappa shape index (κ2) is 6.03. The summed E-state index contributed by atoms with van der Waals surface area (Å²) in [5, 5.41) is 2.73. The van der Waals surface area contributed by atoms with E-state index in [1.807, 2.05) is 13.8 Å². The zero-order valence-electron chi connectivity index (χ0n) is 12.2. The van der Waals surface area contributed by atoms with Gasteiger partial charge >= 0.3 is 0 Å². The van der Waals surface area contributed by atoms with Crippen molar-refractivity contribution in [2.24, 2.45) is 11.7 Å². The molecule has 0 bridgehead atoms. The highest BCUT2D eigenvalue weighted by Gasteiger charge is 2.28. The van der Waals surface area contributed by atoms with Crippen molar-refractivity contribution < 1.29 is 13.2 Å². The first-order valence-corrected chi connectivity index (χ1v) is 8.59. The topological polar surface area (TPSA) is 92.5 Å². The lowest BCUT2D eigenvalue weighted by Gasteiger charge is -2.18. The molecule has 1 aromatic rings. The highest BCUT2D eigenvalue weighted by atomic mass is 32.2. The maximum atomic E-state index is 11.9. The summed E-state index contributed by atoms with van der Waals surface area (Å²) in [7, 11) is -3.17. The number of nitrogens with zero attached hydrogens (tertiary/aromatic N) is 1. The van der Waals surface area contributed by atoms with Gasteiger partial charge in [-0.3, -0.25) is 9.10 Å². The zero-order valence-corrected chi connectivity index (χ0v) is 13.1. The van der Waals surface area contributed by atoms with Crippen LogP contribution in [0, 0.1) is 5.92 Å². The van der Waals surface area contributed by atoms with Crippen molar-refractivity contribution in [3.8, 4) is 0 Å². The van der Waals surface area contributed by atoms with E-state index in [1.54, 1.807) is 24.3 Å². The lowest BCUT2D eigenvalue weighted by atomic mass is 10.0. The summed E-state index contributed by atoms with van der Waals surface area (Å²) in [6.07, 6.45) is 0.643. The van der Waals surface area contributed by atoms with Crippen LogP contribution < -0.4 is 15.4 Å². The molecule has 1 saturated heterocycles. The van der Waals surface area contributed by atoms with E-state index in [2.05, 4.69) is 5.32 Å². The molecule has 2 rings (SSSR count). The number of anilines is 2. The Hall–Kier alpha value is -1.60. The minimum Gasteiger partial charge on any atom is -0.325 e. The summed E-state index contributed by atoms with van der Waals surface area (Å²) < 4.78 is 25.1. The maximum absolute atomic E-state index is 11.9. The smallest absolute Gasteiger partial charge is 0.241 e. The summed E-state index contributed by atoms with van der Waals surface area (Å²) in [4.78, 5) is 11.9. The molecule has 0 saturated carbocycles. The van der Waals surface area contributed by atoms with Crippen molar-refractivity contribution in [3.63, 3.8) is 0 Å². The van der Waals surface area contributed by atoms with Crippen LogP contribution in [0.2, 0.25) is 0 Å². The molecule has 3 N–H and O–H groups in total. The standard InChI is InChI=1S/C14H21N3O3S/c1-10(2)13(15)14(18)16-11-4-6-12(7-5-11)17-8-3-9-21(17,19)20/h4-7,10,13H,3,8-9,15H2,1-2H3,(H,16,18)/t13-/m0/s1. The van der Waals surface area contributed by atoms with Gasteiger partial charge in [-0.2, -0.15) is 0 Å². The minimum atomic E-state index is -3.17. The van der Waals surface area contributed by atoms with Crippen molar-refractivity contribution in [2.75, 3.05) is 21.9 Å². The Balaban J connectivity index is 2.08. The molecule has 1 aliphatic heterocycles. The van der Waals surface area contributed by atoms with Crippen LogP contribution in [0.4, 0.5) is 11.4 Å². The van der Waals surface area contributed by atoms with Crippen molar-refractivity contribution in [1.82, 2.24) is 0 Å². The van der Waals surface area contributed by atoms with E-state index in [0.29, 0.717) is 24.3 Å². The first-order valence-electron chi connectivity index (χ1n) is 6.98. The molecule has 0 aliphatic carbocycles. The van der Waals surface area contributed by atoms with E-state index in [1.165, 1.54) is 4.31 Å². The molecule has 1 atom stereocenters. The van der Waals surface area contributed by atoms with Gasteiger partial charge in [-0.1, -0.05) is 13.8 Å². The van der Waals surface area contributed by atoms with Gasteiger partial charge in [0.25, 0.3) is 0 Å². The average Bonchev–Trinajstić information content (AvgIpc) is 2.78. The normalized spacial score (nSPS) is 18.8. The Bertz CT molecular complexity index is 611. The van der Waals surface area contributed by atoms with Crippen molar-refractivity contribution in [3.05, 3.63) is 24.3 Å². The fourth-order valence-corrected chi connectivity index (χ4v) is 3.73. The van der Waals surface area contributed by atoms with E-state index in [0.717, 1.165) is 0 Å². The fourth-order valence-electron chi connectivity index (χ4n) is 2.17. The van der Waals surface area contributed by atoms with Crippen LogP contribution in [0.25, 0.3) is 0 Å². The summed E-state index contributed by atoms with van der Waals surface area (Å²) >= 11 is 0. The summed E-state index contributed by atoms with van der Waals surface area (Å²) in [6.45, 7) is 4.27. The SMILES string of the molecule is CC(C)[C@H](N)C(=O)Nc1ccc(N2CCCS2(=O)=O)cc1. The van der Waals surface area contributed by atoms with Gasteiger partial charge < -0.3 is 11.1 Å². The second-order valence-electron chi connectivity index (χ2n) is 5.55. The molecule has 0 spiro atoms. The molecule has 0 aromatic heterocycles. The van der Waals surface area contributed by atoms with Crippen LogP contribution in [0.3, 0.4) is 0 Å². The van der Waals surface area contributed by atoms with Crippen LogP contribution in [0.5, 0.6) is 0 Å². The van der Waals surface area contributed by atoms with Crippen LogP contribution in [-0.2, 0) is 14.8 Å². The van der Waals surface area contributed by atoms with E-state index in [4.69, 9.17) is 5.73 Å². The predicted molar refractivity (Wildman–Crippen MR) is 83.6 cm³/mol. The molecule has 21 heavy (non-hydrogen) atoms. The molecular formula is C14H21N3O3S. The van der Waals surface area contributed by atoms with Crippen LogP contribution in [0.1, 0.15) is 20.3 Å². The van der Waals surface area contributed by atoms with Gasteiger partial charge in [0.1, 0.15) is 0 Å². The number of amides is 1. The Morgan fingerprint density at radius 2 is 1.90 bits per heavy atom. The summed E-state index contributed by atoms with van der Waals surface area (Å²) in [6, 6.07) is 6.20. The number of sulfonamides is 1. The van der Waals surface area contributed by atoms with Crippen molar-refractivity contribution in [1.29, 1.82) is 0 Å². The molecule has 0 unspecified atom stereocenters. The van der Waals surface area contributed by atoms with Gasteiger partial charge in [0.15, 0.2) is 0 Å². The molecule has 1 aliphatic rings. The molecule has 116 valence electrons. The third kappa shape index (κ3) is 3.54. The monoisotopic (exact) mass is 311 g/mol. The molecule has 7 heteroatoms. The van der Waals surface area contributed by atoms with E-state index in [-0.39, 0.29) is 17.6 Å². The highest BCUT2D eigenvalue weighted by Crippen LogP contribution is 2.25. The molecule has 1 aromatic carbocycles. The van der Waals surface area contributed by atoms with E-state index < -0.39 is 16.1 Å². The molecule has 1 amide bonds. The largest absolute Gasteiger partial charge is 0.325 e. The fraction of sp³-hybridized carbons (Fsp3) is 0.500.